The first-order valence-corrected chi connectivity index (χ1v) is 6.40. The molecule has 2 N–H and O–H groups in total. The Morgan fingerprint density at radius 2 is 1.82 bits per heavy atom. The van der Waals surface area contributed by atoms with E-state index in [2.05, 4.69) is 26.8 Å². The fraction of sp³-hybridized carbons (Fsp3) is 0.0769. The fourth-order valence-corrected chi connectivity index (χ4v) is 1.96. The largest absolute Gasteiger partial charge is 0.321 e. The molecule has 2 aromatic rings. The van der Waals surface area contributed by atoms with Crippen molar-refractivity contribution in [3.63, 3.8) is 0 Å². The van der Waals surface area contributed by atoms with Gasteiger partial charge in [0.15, 0.2) is 0 Å². The lowest BCUT2D eigenvalue weighted by molar-refractivity contribution is 0.801. The van der Waals surface area contributed by atoms with Crippen LogP contribution in [0.5, 0.6) is 0 Å². The number of halogens is 2. The summed E-state index contributed by atoms with van der Waals surface area (Å²) in [6.45, 7) is 0.727. The molecule has 0 spiro atoms. The van der Waals surface area contributed by atoms with Gasteiger partial charge in [-0.3, -0.25) is 0 Å². The van der Waals surface area contributed by atoms with Gasteiger partial charge in [0.05, 0.1) is 5.02 Å². The smallest absolute Gasteiger partial charge is 0.0548 e. The third-order valence-corrected chi connectivity index (χ3v) is 3.50. The molecule has 0 saturated heterocycles. The molecule has 2 rings (SSSR count). The van der Waals surface area contributed by atoms with Crippen LogP contribution in [0.15, 0.2) is 53.0 Å². The third kappa shape index (κ3) is 3.73. The average Bonchev–Trinajstić information content (AvgIpc) is 2.35. The van der Waals surface area contributed by atoms with Crippen molar-refractivity contribution < 1.29 is 0 Å². The minimum atomic E-state index is 0.727. The quantitative estimate of drug-likeness (QED) is 0.826. The summed E-state index contributed by atoms with van der Waals surface area (Å²) < 4.78 is 0.915. The van der Waals surface area contributed by atoms with E-state index in [-0.39, 0.29) is 0 Å². The lowest BCUT2D eigenvalue weighted by Gasteiger charge is -2.08. The predicted octanol–water partition coefficient (Wildman–Crippen LogP) is 4.22. The summed E-state index contributed by atoms with van der Waals surface area (Å²) in [7, 11) is 0. The topological polar surface area (TPSA) is 24.1 Å². The lowest BCUT2D eigenvalue weighted by Crippen LogP contribution is -2.20. The molecule has 0 amide bonds. The number of nitrogens with one attached hydrogen (secondary N) is 2. The molecule has 4 heteroatoms. The molecule has 0 radical (unpaired) electrons. The van der Waals surface area contributed by atoms with Crippen LogP contribution >= 0.6 is 27.5 Å². The summed E-state index contributed by atoms with van der Waals surface area (Å²) in [6, 6.07) is 15.8. The summed E-state index contributed by atoms with van der Waals surface area (Å²) in [6.07, 6.45) is 0. The van der Waals surface area contributed by atoms with Gasteiger partial charge in [-0.15, -0.1) is 0 Å². The molecular weight excluding hydrogens is 300 g/mol. The van der Waals surface area contributed by atoms with Crippen LogP contribution in [-0.4, -0.2) is 0 Å². The molecule has 17 heavy (non-hydrogen) atoms. The van der Waals surface area contributed by atoms with Gasteiger partial charge >= 0.3 is 0 Å². The lowest BCUT2D eigenvalue weighted by atomic mass is 10.2. The first-order valence-electron chi connectivity index (χ1n) is 5.23. The fourth-order valence-electron chi connectivity index (χ4n) is 1.42. The number of hydrogen-bond donors (Lipinski definition) is 2. The summed E-state index contributed by atoms with van der Waals surface area (Å²) in [5.41, 5.74) is 8.48. The van der Waals surface area contributed by atoms with Crippen molar-refractivity contribution in [3.05, 3.63) is 63.6 Å². The van der Waals surface area contributed by atoms with Crippen LogP contribution in [0.25, 0.3) is 0 Å². The van der Waals surface area contributed by atoms with Gasteiger partial charge in [0.25, 0.3) is 0 Å². The van der Waals surface area contributed by atoms with E-state index < -0.39 is 0 Å². The van der Waals surface area contributed by atoms with Crippen LogP contribution in [-0.2, 0) is 6.54 Å². The van der Waals surface area contributed by atoms with E-state index in [1.54, 1.807) is 0 Å². The van der Waals surface area contributed by atoms with E-state index in [4.69, 9.17) is 11.6 Å². The molecule has 0 saturated carbocycles. The highest BCUT2D eigenvalue weighted by molar-refractivity contribution is 9.10. The Kier molecular flexibility index (Phi) is 4.42. The van der Waals surface area contributed by atoms with Gasteiger partial charge in [-0.05, 0) is 45.8 Å². The molecule has 0 aromatic heterocycles. The van der Waals surface area contributed by atoms with E-state index in [1.807, 2.05) is 48.5 Å². The molecule has 0 heterocycles. The van der Waals surface area contributed by atoms with Crippen molar-refractivity contribution in [3.8, 4) is 0 Å². The zero-order chi connectivity index (χ0) is 12.1. The van der Waals surface area contributed by atoms with Gasteiger partial charge < -0.3 is 5.43 Å². The van der Waals surface area contributed by atoms with Crippen LogP contribution in [0.4, 0.5) is 5.69 Å². The second-order valence-corrected chi connectivity index (χ2v) is 4.85. The molecule has 0 aliphatic rings. The van der Waals surface area contributed by atoms with E-state index in [0.29, 0.717) is 0 Å². The third-order valence-electron chi connectivity index (χ3n) is 2.28. The van der Waals surface area contributed by atoms with Crippen LogP contribution in [0.1, 0.15) is 5.56 Å². The van der Waals surface area contributed by atoms with E-state index in [9.17, 15) is 0 Å². The Balaban J connectivity index is 1.88. The minimum absolute atomic E-state index is 0.727. The molecule has 2 aromatic carbocycles. The predicted molar refractivity (Wildman–Crippen MR) is 76.1 cm³/mol. The normalized spacial score (nSPS) is 10.2. The molecule has 0 bridgehead atoms. The zero-order valence-corrected chi connectivity index (χ0v) is 11.4. The number of benzene rings is 2. The Bertz CT molecular complexity index is 488. The number of hydrogen-bond acceptors (Lipinski definition) is 2. The van der Waals surface area contributed by atoms with E-state index in [0.717, 1.165) is 27.3 Å². The standard InChI is InChI=1S/C13H12BrClN2/c14-12-8-10(6-7-13(12)15)9-16-17-11-4-2-1-3-5-11/h1-8,16-17H,9H2. The number of anilines is 1. The molecular formula is C13H12BrClN2. The van der Waals surface area contributed by atoms with Gasteiger partial charge in [-0.25, -0.2) is 5.43 Å². The van der Waals surface area contributed by atoms with Gasteiger partial charge in [0.1, 0.15) is 0 Å². The van der Waals surface area contributed by atoms with Crippen molar-refractivity contribution in [1.29, 1.82) is 0 Å². The Hall–Kier alpha value is -1.03. The van der Waals surface area contributed by atoms with Crippen molar-refractivity contribution in [2.45, 2.75) is 6.54 Å². The first kappa shape index (κ1) is 12.4. The second-order valence-electron chi connectivity index (χ2n) is 3.59. The summed E-state index contributed by atoms with van der Waals surface area (Å²) in [4.78, 5) is 0. The van der Waals surface area contributed by atoms with E-state index in [1.165, 1.54) is 0 Å². The Labute approximate surface area is 114 Å². The molecule has 0 aliphatic carbocycles. The first-order chi connectivity index (χ1) is 8.25. The van der Waals surface area contributed by atoms with Crippen LogP contribution in [0.2, 0.25) is 5.02 Å². The Morgan fingerprint density at radius 3 is 2.53 bits per heavy atom. The summed E-state index contributed by atoms with van der Waals surface area (Å²) in [5, 5.41) is 0.727. The van der Waals surface area contributed by atoms with Crippen LogP contribution in [0, 0.1) is 0 Å². The van der Waals surface area contributed by atoms with Crippen molar-refractivity contribution in [2.24, 2.45) is 0 Å². The SMILES string of the molecule is Clc1ccc(CNNc2ccccc2)cc1Br. The van der Waals surface area contributed by atoms with E-state index >= 15 is 0 Å². The van der Waals surface area contributed by atoms with Gasteiger partial charge in [-0.1, -0.05) is 35.9 Å². The highest BCUT2D eigenvalue weighted by Crippen LogP contribution is 2.23. The molecule has 0 aliphatic heterocycles. The minimum Gasteiger partial charge on any atom is -0.321 e. The maximum atomic E-state index is 5.93. The van der Waals surface area contributed by atoms with Gasteiger partial charge in [-0.2, -0.15) is 0 Å². The summed E-state index contributed by atoms with van der Waals surface area (Å²) in [5.74, 6) is 0. The molecule has 0 unspecified atom stereocenters. The highest BCUT2D eigenvalue weighted by atomic mass is 79.9. The van der Waals surface area contributed by atoms with Crippen LogP contribution in [0.3, 0.4) is 0 Å². The van der Waals surface area contributed by atoms with Crippen molar-refractivity contribution >= 4 is 33.2 Å². The molecule has 88 valence electrons. The maximum Gasteiger partial charge on any atom is 0.0548 e. The van der Waals surface area contributed by atoms with Crippen molar-refractivity contribution in [1.82, 2.24) is 5.43 Å². The van der Waals surface area contributed by atoms with Gasteiger partial charge in [0, 0.05) is 16.7 Å². The number of rotatable bonds is 4. The van der Waals surface area contributed by atoms with Crippen LogP contribution < -0.4 is 10.9 Å². The van der Waals surface area contributed by atoms with Gasteiger partial charge in [0.2, 0.25) is 0 Å². The highest BCUT2D eigenvalue weighted by Gasteiger charge is 1.98. The maximum absolute atomic E-state index is 5.93. The zero-order valence-electron chi connectivity index (χ0n) is 9.08. The monoisotopic (exact) mass is 310 g/mol. The number of para-hydroxylation sites is 1. The molecule has 0 atom stereocenters. The molecule has 0 fully saturated rings. The Morgan fingerprint density at radius 1 is 1.06 bits per heavy atom. The average molecular weight is 312 g/mol. The van der Waals surface area contributed by atoms with Crippen molar-refractivity contribution in [2.75, 3.05) is 5.43 Å². The second kappa shape index (κ2) is 6.05. The molecule has 2 nitrogen and oxygen atoms in total. The summed E-state index contributed by atoms with van der Waals surface area (Å²) >= 11 is 9.33. The number of hydrazine groups is 1.